The van der Waals surface area contributed by atoms with Crippen LogP contribution in [-0.2, 0) is 17.5 Å². The lowest BCUT2D eigenvalue weighted by molar-refractivity contribution is -0.138. The van der Waals surface area contributed by atoms with Crippen LogP contribution in [0.5, 0.6) is 0 Å². The number of rotatable bonds is 5. The van der Waals surface area contributed by atoms with Crippen LogP contribution in [0.1, 0.15) is 38.5 Å². The predicted molar refractivity (Wildman–Crippen MR) is 110 cm³/mol. The topological polar surface area (TPSA) is 75.6 Å². The molecule has 0 saturated heterocycles. The maximum absolute atomic E-state index is 13.3. The molecule has 32 heavy (non-hydrogen) atoms. The molecule has 0 unspecified atom stereocenters. The summed E-state index contributed by atoms with van der Waals surface area (Å²) in [5.74, 6) is -1.64. The maximum atomic E-state index is 13.3. The number of carboxylic acid groups (broad SMARTS) is 1. The fourth-order valence-corrected chi connectivity index (χ4v) is 3.94. The molecular formula is C24H18F3NO4. The number of benzene rings is 3. The fourth-order valence-electron chi connectivity index (χ4n) is 3.94. The van der Waals surface area contributed by atoms with Crippen molar-refractivity contribution in [2.75, 3.05) is 6.61 Å². The number of ether oxygens (including phenoxy) is 1. The zero-order valence-corrected chi connectivity index (χ0v) is 16.6. The Morgan fingerprint density at radius 2 is 1.53 bits per heavy atom. The van der Waals surface area contributed by atoms with Gasteiger partial charge in [-0.25, -0.2) is 9.59 Å². The number of carbonyl (C=O) groups is 2. The molecule has 0 atom stereocenters. The molecule has 0 bridgehead atoms. The van der Waals surface area contributed by atoms with Crippen LogP contribution in [0.3, 0.4) is 0 Å². The number of hydrogen-bond donors (Lipinski definition) is 2. The minimum absolute atomic E-state index is 0.0317. The van der Waals surface area contributed by atoms with E-state index in [0.29, 0.717) is 6.07 Å². The smallest absolute Gasteiger partial charge is 0.416 e. The maximum Gasteiger partial charge on any atom is 0.416 e. The normalized spacial score (nSPS) is 12.7. The van der Waals surface area contributed by atoms with Crippen LogP contribution in [0.2, 0.25) is 0 Å². The van der Waals surface area contributed by atoms with Crippen LogP contribution in [0.25, 0.3) is 11.1 Å². The second-order valence-corrected chi connectivity index (χ2v) is 7.35. The largest absolute Gasteiger partial charge is 0.478 e. The van der Waals surface area contributed by atoms with Gasteiger partial charge in [0.2, 0.25) is 0 Å². The molecule has 0 radical (unpaired) electrons. The van der Waals surface area contributed by atoms with Crippen LogP contribution in [0.4, 0.5) is 18.0 Å². The van der Waals surface area contributed by atoms with Crippen molar-refractivity contribution in [1.29, 1.82) is 0 Å². The number of alkyl carbamates (subject to hydrolysis) is 1. The van der Waals surface area contributed by atoms with E-state index in [4.69, 9.17) is 9.84 Å². The molecule has 3 aromatic rings. The van der Waals surface area contributed by atoms with Gasteiger partial charge in [0.25, 0.3) is 0 Å². The van der Waals surface area contributed by atoms with Gasteiger partial charge in [-0.15, -0.1) is 0 Å². The minimum atomic E-state index is -4.76. The number of carboxylic acids is 1. The number of halogens is 3. The fraction of sp³-hybridized carbons (Fsp3) is 0.167. The summed E-state index contributed by atoms with van der Waals surface area (Å²) in [5, 5.41) is 11.3. The van der Waals surface area contributed by atoms with Gasteiger partial charge in [-0.1, -0.05) is 54.6 Å². The Hall–Kier alpha value is -3.81. The summed E-state index contributed by atoms with van der Waals surface area (Å²) >= 11 is 0. The summed E-state index contributed by atoms with van der Waals surface area (Å²) in [5.41, 5.74) is 2.31. The van der Waals surface area contributed by atoms with Gasteiger partial charge in [0.1, 0.15) is 6.61 Å². The highest BCUT2D eigenvalue weighted by molar-refractivity contribution is 5.88. The van der Waals surface area contributed by atoms with Gasteiger partial charge in [-0.05, 0) is 39.9 Å². The first-order chi connectivity index (χ1) is 15.3. The van der Waals surface area contributed by atoms with Crippen LogP contribution in [0.15, 0.2) is 66.7 Å². The van der Waals surface area contributed by atoms with E-state index in [1.54, 1.807) is 0 Å². The van der Waals surface area contributed by atoms with E-state index in [-0.39, 0.29) is 18.1 Å². The van der Waals surface area contributed by atoms with Crippen molar-refractivity contribution < 1.29 is 32.6 Å². The molecule has 0 aromatic heterocycles. The Morgan fingerprint density at radius 1 is 0.938 bits per heavy atom. The molecule has 1 aliphatic carbocycles. The van der Waals surface area contributed by atoms with Gasteiger partial charge in [-0.3, -0.25) is 0 Å². The zero-order chi connectivity index (χ0) is 22.9. The Balaban J connectivity index is 1.44. The molecule has 1 amide bonds. The van der Waals surface area contributed by atoms with Crippen molar-refractivity contribution in [1.82, 2.24) is 5.32 Å². The summed E-state index contributed by atoms with van der Waals surface area (Å²) in [6.45, 7) is -0.421. The number of fused-ring (bicyclic) bond motifs is 3. The van der Waals surface area contributed by atoms with Crippen molar-refractivity contribution in [2.45, 2.75) is 18.6 Å². The number of nitrogens with one attached hydrogen (secondary N) is 1. The van der Waals surface area contributed by atoms with Gasteiger partial charge in [0, 0.05) is 12.5 Å². The van der Waals surface area contributed by atoms with Gasteiger partial charge in [0.15, 0.2) is 0 Å². The van der Waals surface area contributed by atoms with E-state index >= 15 is 0 Å². The summed E-state index contributed by atoms with van der Waals surface area (Å²) in [4.78, 5) is 23.2. The summed E-state index contributed by atoms with van der Waals surface area (Å²) in [6, 6.07) is 18.2. The van der Waals surface area contributed by atoms with Crippen LogP contribution < -0.4 is 5.32 Å². The second kappa shape index (κ2) is 8.37. The lowest BCUT2D eigenvalue weighted by atomic mass is 9.98. The first kappa shape index (κ1) is 21.4. The highest BCUT2D eigenvalue weighted by atomic mass is 19.4. The van der Waals surface area contributed by atoms with Crippen LogP contribution in [0, 0.1) is 0 Å². The number of hydrogen-bond acceptors (Lipinski definition) is 3. The average Bonchev–Trinajstić information content (AvgIpc) is 3.09. The lowest BCUT2D eigenvalue weighted by Gasteiger charge is -2.16. The molecule has 5 nitrogen and oxygen atoms in total. The molecule has 0 fully saturated rings. The van der Waals surface area contributed by atoms with Crippen molar-refractivity contribution in [3.05, 3.63) is 94.5 Å². The Labute approximate surface area is 181 Å². The molecule has 0 heterocycles. The van der Waals surface area contributed by atoms with E-state index in [9.17, 15) is 22.8 Å². The monoisotopic (exact) mass is 441 g/mol. The Bertz CT molecular complexity index is 1140. The van der Waals surface area contributed by atoms with Gasteiger partial charge >= 0.3 is 18.2 Å². The average molecular weight is 441 g/mol. The Kier molecular flexibility index (Phi) is 5.61. The lowest BCUT2D eigenvalue weighted by Crippen LogP contribution is -2.27. The SMILES string of the molecule is O=C(NCc1ccc(C(=O)O)cc1C(F)(F)F)OCC1c2ccccc2-c2ccccc21. The molecule has 0 aliphatic heterocycles. The molecule has 164 valence electrons. The third-order valence-corrected chi connectivity index (χ3v) is 5.43. The van der Waals surface area contributed by atoms with E-state index in [1.165, 1.54) is 0 Å². The summed E-state index contributed by atoms with van der Waals surface area (Å²) < 4.78 is 45.3. The number of carbonyl (C=O) groups excluding carboxylic acids is 1. The van der Waals surface area contributed by atoms with Gasteiger partial charge in [0.05, 0.1) is 11.1 Å². The van der Waals surface area contributed by atoms with E-state index < -0.39 is 35.9 Å². The predicted octanol–water partition coefficient (Wildman–Crippen LogP) is 5.44. The molecular weight excluding hydrogens is 423 g/mol. The van der Waals surface area contributed by atoms with E-state index in [0.717, 1.165) is 34.4 Å². The zero-order valence-electron chi connectivity index (χ0n) is 16.6. The van der Waals surface area contributed by atoms with E-state index in [1.807, 2.05) is 48.5 Å². The number of aromatic carboxylic acids is 1. The second-order valence-electron chi connectivity index (χ2n) is 7.35. The van der Waals surface area contributed by atoms with Crippen molar-refractivity contribution in [3.63, 3.8) is 0 Å². The Morgan fingerprint density at radius 3 is 2.09 bits per heavy atom. The standard InChI is InChI=1S/C24H18F3NO4/c25-24(26,27)21-11-14(22(29)30)9-10-15(21)12-28-23(31)32-13-20-18-7-3-1-5-16(18)17-6-2-4-8-19(17)20/h1-11,20H,12-13H2,(H,28,31)(H,29,30). The quantitative estimate of drug-likeness (QED) is 0.553. The number of amides is 1. The summed E-state index contributed by atoms with van der Waals surface area (Å²) in [6.07, 6.45) is -5.62. The molecule has 0 saturated carbocycles. The van der Waals surface area contributed by atoms with Gasteiger partial charge in [-0.2, -0.15) is 13.2 Å². The first-order valence-corrected chi connectivity index (χ1v) is 9.78. The highest BCUT2D eigenvalue weighted by Gasteiger charge is 2.34. The first-order valence-electron chi connectivity index (χ1n) is 9.78. The van der Waals surface area contributed by atoms with Crippen LogP contribution in [-0.4, -0.2) is 23.8 Å². The third-order valence-electron chi connectivity index (χ3n) is 5.43. The molecule has 0 spiro atoms. The molecule has 8 heteroatoms. The third kappa shape index (κ3) is 4.16. The molecule has 2 N–H and O–H groups in total. The van der Waals surface area contributed by atoms with Gasteiger partial charge < -0.3 is 15.2 Å². The summed E-state index contributed by atoms with van der Waals surface area (Å²) in [7, 11) is 0. The minimum Gasteiger partial charge on any atom is -0.478 e. The van der Waals surface area contributed by atoms with Crippen molar-refractivity contribution in [2.24, 2.45) is 0 Å². The highest BCUT2D eigenvalue weighted by Crippen LogP contribution is 2.44. The van der Waals surface area contributed by atoms with E-state index in [2.05, 4.69) is 5.32 Å². The van der Waals surface area contributed by atoms with Crippen LogP contribution >= 0.6 is 0 Å². The van der Waals surface area contributed by atoms with Crippen molar-refractivity contribution >= 4 is 12.1 Å². The number of alkyl halides is 3. The van der Waals surface area contributed by atoms with Crippen molar-refractivity contribution in [3.8, 4) is 11.1 Å². The molecule has 4 rings (SSSR count). The molecule has 1 aliphatic rings. The molecule has 3 aromatic carbocycles.